The molecule has 3 aromatic carbocycles. The number of hydrogen-bond acceptors (Lipinski definition) is 3. The van der Waals surface area contributed by atoms with E-state index >= 15 is 0 Å². The molecule has 138 valence electrons. The minimum absolute atomic E-state index is 0.0702. The third-order valence-corrected chi connectivity index (χ3v) is 4.76. The van der Waals surface area contributed by atoms with Gasteiger partial charge in [0.05, 0.1) is 0 Å². The molecule has 27 heavy (non-hydrogen) atoms. The van der Waals surface area contributed by atoms with Gasteiger partial charge in [-0.3, -0.25) is 4.79 Å². The maximum absolute atomic E-state index is 13.1. The van der Waals surface area contributed by atoms with Gasteiger partial charge in [-0.1, -0.05) is 36.4 Å². The minimum atomic E-state index is 0.0702. The molecular formula is C24H26N2O. The van der Waals surface area contributed by atoms with Crippen LogP contribution in [-0.2, 0) is 6.42 Å². The highest BCUT2D eigenvalue weighted by molar-refractivity contribution is 6.10. The van der Waals surface area contributed by atoms with E-state index in [-0.39, 0.29) is 5.78 Å². The summed E-state index contributed by atoms with van der Waals surface area (Å²) in [5, 5.41) is 0. The number of anilines is 2. The van der Waals surface area contributed by atoms with Crippen molar-refractivity contribution < 1.29 is 4.79 Å². The van der Waals surface area contributed by atoms with Crippen LogP contribution in [0, 0.1) is 0 Å². The van der Waals surface area contributed by atoms with E-state index in [1.807, 2.05) is 81.6 Å². The Balaban J connectivity index is 1.85. The summed E-state index contributed by atoms with van der Waals surface area (Å²) < 4.78 is 0. The maximum Gasteiger partial charge on any atom is 0.193 e. The van der Waals surface area contributed by atoms with E-state index in [4.69, 9.17) is 0 Å². The van der Waals surface area contributed by atoms with Crippen molar-refractivity contribution in [3.8, 4) is 0 Å². The summed E-state index contributed by atoms with van der Waals surface area (Å²) >= 11 is 0. The van der Waals surface area contributed by atoms with E-state index in [2.05, 4.69) is 29.2 Å². The third-order valence-electron chi connectivity index (χ3n) is 4.76. The standard InChI is InChI=1S/C24H26N2O/c1-25(2)21-13-9-18(10-14-21)17-20-7-5-6-8-23(20)24(27)19-11-15-22(16-12-19)26(3)4/h5-16H,17H2,1-4H3. The highest BCUT2D eigenvalue weighted by Gasteiger charge is 2.14. The van der Waals surface area contributed by atoms with Crippen LogP contribution in [0.25, 0.3) is 0 Å². The van der Waals surface area contributed by atoms with E-state index < -0.39 is 0 Å². The minimum Gasteiger partial charge on any atom is -0.378 e. The van der Waals surface area contributed by atoms with Crippen molar-refractivity contribution in [2.45, 2.75) is 6.42 Å². The molecule has 0 amide bonds. The summed E-state index contributed by atoms with van der Waals surface area (Å²) in [7, 11) is 8.05. The summed E-state index contributed by atoms with van der Waals surface area (Å²) in [6.07, 6.45) is 0.741. The lowest BCUT2D eigenvalue weighted by atomic mass is 9.94. The molecule has 0 atom stereocenters. The van der Waals surface area contributed by atoms with Crippen molar-refractivity contribution in [2.24, 2.45) is 0 Å². The molecule has 0 fully saturated rings. The first kappa shape index (κ1) is 18.7. The Morgan fingerprint density at radius 3 is 1.78 bits per heavy atom. The van der Waals surface area contributed by atoms with Crippen LogP contribution in [0.15, 0.2) is 72.8 Å². The van der Waals surface area contributed by atoms with E-state index in [0.29, 0.717) is 0 Å². The predicted molar refractivity (Wildman–Crippen MR) is 114 cm³/mol. The summed E-state index contributed by atoms with van der Waals surface area (Å²) in [6, 6.07) is 24.1. The van der Waals surface area contributed by atoms with Gasteiger partial charge in [0.1, 0.15) is 0 Å². The van der Waals surface area contributed by atoms with Crippen molar-refractivity contribution in [3.63, 3.8) is 0 Å². The highest BCUT2D eigenvalue weighted by atomic mass is 16.1. The molecule has 0 saturated heterocycles. The first-order valence-electron chi connectivity index (χ1n) is 9.12. The van der Waals surface area contributed by atoms with Gasteiger partial charge in [0.2, 0.25) is 0 Å². The normalized spacial score (nSPS) is 10.5. The largest absolute Gasteiger partial charge is 0.378 e. The molecule has 0 aliphatic carbocycles. The molecule has 0 unspecified atom stereocenters. The summed E-state index contributed by atoms with van der Waals surface area (Å²) in [6.45, 7) is 0. The number of hydrogen-bond donors (Lipinski definition) is 0. The molecular weight excluding hydrogens is 332 g/mol. The molecule has 3 nitrogen and oxygen atoms in total. The lowest BCUT2D eigenvalue weighted by molar-refractivity contribution is 0.103. The fourth-order valence-electron chi connectivity index (χ4n) is 3.09. The lowest BCUT2D eigenvalue weighted by Gasteiger charge is -2.14. The smallest absolute Gasteiger partial charge is 0.193 e. The van der Waals surface area contributed by atoms with Crippen LogP contribution >= 0.6 is 0 Å². The van der Waals surface area contributed by atoms with E-state index in [0.717, 1.165) is 28.8 Å². The predicted octanol–water partition coefficient (Wildman–Crippen LogP) is 4.64. The molecule has 0 radical (unpaired) electrons. The first-order chi connectivity index (χ1) is 13.0. The molecule has 0 N–H and O–H groups in total. The number of ketones is 1. The third kappa shape index (κ3) is 4.37. The average Bonchev–Trinajstić information content (AvgIpc) is 2.68. The Morgan fingerprint density at radius 2 is 1.22 bits per heavy atom. The SMILES string of the molecule is CN(C)c1ccc(Cc2ccccc2C(=O)c2ccc(N(C)C)cc2)cc1. The molecule has 0 saturated carbocycles. The van der Waals surface area contributed by atoms with Crippen LogP contribution in [0.4, 0.5) is 11.4 Å². The Bertz CT molecular complexity index is 910. The van der Waals surface area contributed by atoms with Crippen LogP contribution in [-0.4, -0.2) is 34.0 Å². The number of carbonyl (C=O) groups excluding carboxylic acids is 1. The van der Waals surface area contributed by atoms with Gasteiger partial charge < -0.3 is 9.80 Å². The van der Waals surface area contributed by atoms with Gasteiger partial charge in [-0.2, -0.15) is 0 Å². The van der Waals surface area contributed by atoms with Gasteiger partial charge in [-0.25, -0.2) is 0 Å². The van der Waals surface area contributed by atoms with Gasteiger partial charge in [-0.05, 0) is 53.9 Å². The summed E-state index contributed by atoms with van der Waals surface area (Å²) in [5.74, 6) is 0.0702. The van der Waals surface area contributed by atoms with Crippen LogP contribution in [0.5, 0.6) is 0 Å². The fourth-order valence-corrected chi connectivity index (χ4v) is 3.09. The average molecular weight is 358 g/mol. The number of nitrogens with zero attached hydrogens (tertiary/aromatic N) is 2. The zero-order valence-corrected chi connectivity index (χ0v) is 16.4. The molecule has 0 aliphatic heterocycles. The van der Waals surface area contributed by atoms with Crippen molar-refractivity contribution >= 4 is 17.2 Å². The molecule has 0 heterocycles. The molecule has 0 aliphatic rings. The number of benzene rings is 3. The van der Waals surface area contributed by atoms with Gasteiger partial charge in [0.25, 0.3) is 0 Å². The van der Waals surface area contributed by atoms with Gasteiger partial charge in [0, 0.05) is 50.7 Å². The van der Waals surface area contributed by atoms with Crippen molar-refractivity contribution in [1.82, 2.24) is 0 Å². The zero-order chi connectivity index (χ0) is 19.4. The maximum atomic E-state index is 13.1. The van der Waals surface area contributed by atoms with Gasteiger partial charge in [-0.15, -0.1) is 0 Å². The Kier molecular flexibility index (Phi) is 5.60. The van der Waals surface area contributed by atoms with E-state index in [1.165, 1.54) is 11.3 Å². The molecule has 0 aromatic heterocycles. The van der Waals surface area contributed by atoms with Crippen LogP contribution < -0.4 is 9.80 Å². The number of rotatable bonds is 6. The monoisotopic (exact) mass is 358 g/mol. The molecule has 3 heteroatoms. The zero-order valence-electron chi connectivity index (χ0n) is 16.4. The van der Waals surface area contributed by atoms with E-state index in [1.54, 1.807) is 0 Å². The molecule has 0 spiro atoms. The molecule has 3 aromatic rings. The number of carbonyl (C=O) groups is 1. The Hall–Kier alpha value is -3.07. The fraction of sp³-hybridized carbons (Fsp3) is 0.208. The van der Waals surface area contributed by atoms with E-state index in [9.17, 15) is 4.79 Å². The first-order valence-corrected chi connectivity index (χ1v) is 9.12. The lowest BCUT2D eigenvalue weighted by Crippen LogP contribution is -2.10. The van der Waals surface area contributed by atoms with Crippen molar-refractivity contribution in [2.75, 3.05) is 38.0 Å². The second kappa shape index (κ2) is 8.09. The van der Waals surface area contributed by atoms with Crippen molar-refractivity contribution in [1.29, 1.82) is 0 Å². The highest BCUT2D eigenvalue weighted by Crippen LogP contribution is 2.21. The summed E-state index contributed by atoms with van der Waals surface area (Å²) in [5.41, 5.74) is 5.99. The van der Waals surface area contributed by atoms with Crippen LogP contribution in [0.3, 0.4) is 0 Å². The van der Waals surface area contributed by atoms with Crippen LogP contribution in [0.1, 0.15) is 27.0 Å². The van der Waals surface area contributed by atoms with Gasteiger partial charge in [0.15, 0.2) is 5.78 Å². The quantitative estimate of drug-likeness (QED) is 0.600. The second-order valence-corrected chi connectivity index (χ2v) is 7.17. The van der Waals surface area contributed by atoms with Crippen LogP contribution in [0.2, 0.25) is 0 Å². The Morgan fingerprint density at radius 1 is 0.704 bits per heavy atom. The van der Waals surface area contributed by atoms with Crippen molar-refractivity contribution in [3.05, 3.63) is 95.1 Å². The Labute approximate surface area is 161 Å². The molecule has 3 rings (SSSR count). The summed E-state index contributed by atoms with van der Waals surface area (Å²) in [4.78, 5) is 17.2. The second-order valence-electron chi connectivity index (χ2n) is 7.17. The topological polar surface area (TPSA) is 23.6 Å². The molecule has 0 bridgehead atoms. The van der Waals surface area contributed by atoms with Gasteiger partial charge >= 0.3 is 0 Å².